The van der Waals surface area contributed by atoms with Crippen molar-refractivity contribution >= 4 is 6.09 Å². The predicted octanol–water partition coefficient (Wildman–Crippen LogP) is 2.74. The zero-order chi connectivity index (χ0) is 19.3. The van der Waals surface area contributed by atoms with Gasteiger partial charge in [-0.25, -0.2) is 4.79 Å². The van der Waals surface area contributed by atoms with Crippen LogP contribution in [0.4, 0.5) is 4.79 Å². The van der Waals surface area contributed by atoms with E-state index in [1.807, 2.05) is 31.2 Å². The summed E-state index contributed by atoms with van der Waals surface area (Å²) in [5.41, 5.74) is 4.79. The molecule has 2 heterocycles. The molecule has 5 rings (SSSR count). The van der Waals surface area contributed by atoms with Crippen molar-refractivity contribution in [2.75, 3.05) is 19.8 Å². The van der Waals surface area contributed by atoms with Crippen molar-refractivity contribution in [3.05, 3.63) is 59.7 Å². The van der Waals surface area contributed by atoms with E-state index in [1.165, 1.54) is 22.3 Å². The smallest absolute Gasteiger partial charge is 0.410 e. The molecule has 0 aromatic heterocycles. The second-order valence-corrected chi connectivity index (χ2v) is 7.60. The number of benzene rings is 2. The molecule has 0 radical (unpaired) electrons. The molecule has 0 spiro atoms. The summed E-state index contributed by atoms with van der Waals surface area (Å²) >= 11 is 0. The van der Waals surface area contributed by atoms with Crippen molar-refractivity contribution in [2.24, 2.45) is 0 Å². The van der Waals surface area contributed by atoms with E-state index >= 15 is 0 Å². The maximum atomic E-state index is 12.8. The predicted molar refractivity (Wildman–Crippen MR) is 102 cm³/mol. The summed E-state index contributed by atoms with van der Waals surface area (Å²) in [6.07, 6.45) is -1.59. The van der Waals surface area contributed by atoms with Gasteiger partial charge in [0.25, 0.3) is 0 Å². The van der Waals surface area contributed by atoms with Crippen LogP contribution in [0.3, 0.4) is 0 Å². The second kappa shape index (κ2) is 6.88. The number of carbonyl (C=O) groups excluding carboxylic acids is 1. The van der Waals surface area contributed by atoms with E-state index in [2.05, 4.69) is 24.3 Å². The van der Waals surface area contributed by atoms with Gasteiger partial charge < -0.3 is 19.3 Å². The Kier molecular flexibility index (Phi) is 4.34. The molecule has 2 bridgehead atoms. The molecule has 6 nitrogen and oxygen atoms in total. The molecule has 2 aromatic rings. The highest BCUT2D eigenvalue weighted by atomic mass is 16.7. The SMILES string of the molecule is C[C@H]1[C@H]2O[C@@H](CN1C(=O)OCC1c3ccccc3-c3ccccc31)[C@@H](CO)O2. The molecule has 1 aliphatic carbocycles. The Morgan fingerprint density at radius 3 is 2.39 bits per heavy atom. The number of morpholine rings is 1. The number of carbonyl (C=O) groups is 1. The normalized spacial score (nSPS) is 28.1. The molecule has 146 valence electrons. The minimum atomic E-state index is -0.517. The Morgan fingerprint density at radius 2 is 1.75 bits per heavy atom. The Hall–Kier alpha value is -2.41. The molecule has 2 fully saturated rings. The third-order valence-electron chi connectivity index (χ3n) is 6.05. The number of hydrogen-bond donors (Lipinski definition) is 1. The first-order chi connectivity index (χ1) is 13.7. The lowest BCUT2D eigenvalue weighted by Crippen LogP contribution is -2.53. The molecule has 2 aromatic carbocycles. The lowest BCUT2D eigenvalue weighted by atomic mass is 9.98. The van der Waals surface area contributed by atoms with Crippen LogP contribution in [-0.4, -0.2) is 60.4 Å². The van der Waals surface area contributed by atoms with E-state index in [-0.39, 0.29) is 43.5 Å². The van der Waals surface area contributed by atoms with Crippen molar-refractivity contribution < 1.29 is 24.1 Å². The third-order valence-corrected chi connectivity index (χ3v) is 6.05. The highest BCUT2D eigenvalue weighted by Gasteiger charge is 2.48. The molecule has 1 amide bonds. The van der Waals surface area contributed by atoms with Crippen LogP contribution in [0.5, 0.6) is 0 Å². The first kappa shape index (κ1) is 17.7. The van der Waals surface area contributed by atoms with E-state index < -0.39 is 6.29 Å². The zero-order valence-corrected chi connectivity index (χ0v) is 15.7. The highest BCUT2D eigenvalue weighted by molar-refractivity contribution is 5.79. The maximum absolute atomic E-state index is 12.8. The maximum Gasteiger partial charge on any atom is 0.410 e. The van der Waals surface area contributed by atoms with Gasteiger partial charge in [-0.3, -0.25) is 4.90 Å². The molecule has 2 aliphatic heterocycles. The fraction of sp³-hybridized carbons (Fsp3) is 0.409. The molecular weight excluding hydrogens is 358 g/mol. The van der Waals surface area contributed by atoms with Gasteiger partial charge in [0, 0.05) is 5.92 Å². The molecule has 1 N–H and O–H groups in total. The minimum Gasteiger partial charge on any atom is -0.448 e. The third kappa shape index (κ3) is 2.71. The minimum absolute atomic E-state index is 0.0332. The van der Waals surface area contributed by atoms with Crippen molar-refractivity contribution in [1.29, 1.82) is 0 Å². The summed E-state index contributed by atoms with van der Waals surface area (Å²) in [6.45, 7) is 2.41. The fourth-order valence-electron chi connectivity index (χ4n) is 4.53. The van der Waals surface area contributed by atoms with Gasteiger partial charge in [-0.05, 0) is 29.2 Å². The lowest BCUT2D eigenvalue weighted by Gasteiger charge is -2.36. The van der Waals surface area contributed by atoms with Gasteiger partial charge in [0.1, 0.15) is 18.8 Å². The lowest BCUT2D eigenvalue weighted by molar-refractivity contribution is -0.136. The van der Waals surface area contributed by atoms with E-state index in [4.69, 9.17) is 14.2 Å². The molecule has 0 saturated carbocycles. The van der Waals surface area contributed by atoms with Crippen LogP contribution in [0.15, 0.2) is 48.5 Å². The molecule has 28 heavy (non-hydrogen) atoms. The van der Waals surface area contributed by atoms with Crippen LogP contribution in [0.2, 0.25) is 0 Å². The van der Waals surface area contributed by atoms with Crippen LogP contribution in [0.25, 0.3) is 11.1 Å². The Labute approximate surface area is 163 Å². The number of hydrogen-bond acceptors (Lipinski definition) is 5. The van der Waals surface area contributed by atoms with Gasteiger partial charge in [-0.1, -0.05) is 48.5 Å². The van der Waals surface area contributed by atoms with Crippen LogP contribution in [-0.2, 0) is 14.2 Å². The zero-order valence-electron chi connectivity index (χ0n) is 15.7. The molecule has 4 atom stereocenters. The Bertz CT molecular complexity index is 855. The van der Waals surface area contributed by atoms with Gasteiger partial charge in [0.05, 0.1) is 19.2 Å². The summed E-state index contributed by atoms with van der Waals surface area (Å²) in [5, 5.41) is 9.42. The highest BCUT2D eigenvalue weighted by Crippen LogP contribution is 2.44. The van der Waals surface area contributed by atoms with Crippen LogP contribution < -0.4 is 0 Å². The molecule has 6 heteroatoms. The number of aliphatic hydroxyl groups is 1. The number of amides is 1. The van der Waals surface area contributed by atoms with E-state index in [0.29, 0.717) is 6.54 Å². The fourth-order valence-corrected chi connectivity index (χ4v) is 4.53. The molecule has 0 unspecified atom stereocenters. The number of rotatable bonds is 3. The quantitative estimate of drug-likeness (QED) is 0.886. The monoisotopic (exact) mass is 381 g/mol. The second-order valence-electron chi connectivity index (χ2n) is 7.60. The molecule has 2 saturated heterocycles. The average Bonchev–Trinajstić information content (AvgIpc) is 3.25. The van der Waals surface area contributed by atoms with E-state index in [1.54, 1.807) is 4.90 Å². The first-order valence-corrected chi connectivity index (χ1v) is 9.70. The summed E-state index contributed by atoms with van der Waals surface area (Å²) in [6, 6.07) is 16.3. The van der Waals surface area contributed by atoms with Crippen LogP contribution >= 0.6 is 0 Å². The number of aliphatic hydroxyl groups excluding tert-OH is 1. The summed E-state index contributed by atoms with van der Waals surface area (Å²) in [5.74, 6) is 0.0332. The van der Waals surface area contributed by atoms with Gasteiger partial charge in [-0.15, -0.1) is 0 Å². The van der Waals surface area contributed by atoms with Gasteiger partial charge in [0.2, 0.25) is 0 Å². The summed E-state index contributed by atoms with van der Waals surface area (Å²) in [7, 11) is 0. The topological polar surface area (TPSA) is 68.2 Å². The standard InChI is InChI=1S/C22H23NO5/c1-13-21-27-19(20(11-24)28-21)10-23(13)22(25)26-12-18-16-8-4-2-6-14(16)15-7-3-5-9-17(15)18/h2-9,13,18-21,24H,10-12H2,1H3/t13-,19-,20+,21-/m0/s1. The van der Waals surface area contributed by atoms with Gasteiger partial charge >= 0.3 is 6.09 Å². The molecule has 3 aliphatic rings. The van der Waals surface area contributed by atoms with E-state index in [9.17, 15) is 9.90 Å². The number of ether oxygens (including phenoxy) is 3. The first-order valence-electron chi connectivity index (χ1n) is 9.70. The van der Waals surface area contributed by atoms with Crippen LogP contribution in [0.1, 0.15) is 24.0 Å². The van der Waals surface area contributed by atoms with Crippen molar-refractivity contribution in [3.8, 4) is 11.1 Å². The largest absolute Gasteiger partial charge is 0.448 e. The van der Waals surface area contributed by atoms with Crippen molar-refractivity contribution in [2.45, 2.75) is 37.4 Å². The van der Waals surface area contributed by atoms with Gasteiger partial charge in [-0.2, -0.15) is 0 Å². The van der Waals surface area contributed by atoms with E-state index in [0.717, 1.165) is 0 Å². The van der Waals surface area contributed by atoms with Gasteiger partial charge in [0.15, 0.2) is 6.29 Å². The van der Waals surface area contributed by atoms with Crippen molar-refractivity contribution in [1.82, 2.24) is 4.90 Å². The summed E-state index contributed by atoms with van der Waals surface area (Å²) in [4.78, 5) is 14.5. The van der Waals surface area contributed by atoms with Crippen LogP contribution in [0, 0.1) is 0 Å². The number of nitrogens with zero attached hydrogens (tertiary/aromatic N) is 1. The average molecular weight is 381 g/mol. The Balaban J connectivity index is 1.32. The number of fused-ring (bicyclic) bond motifs is 5. The van der Waals surface area contributed by atoms with Crippen molar-refractivity contribution in [3.63, 3.8) is 0 Å². The molecular formula is C22H23NO5. The summed E-state index contributed by atoms with van der Waals surface area (Å²) < 4.78 is 17.2. The Morgan fingerprint density at radius 1 is 1.11 bits per heavy atom.